The highest BCUT2D eigenvalue weighted by atomic mass is 32.1. The second kappa shape index (κ2) is 10.3. The molecule has 1 fully saturated rings. The van der Waals surface area contributed by atoms with E-state index in [4.69, 9.17) is 9.47 Å². The lowest BCUT2D eigenvalue weighted by Crippen LogP contribution is -2.31. The number of nitrogens with one attached hydrogen (secondary N) is 2. The summed E-state index contributed by atoms with van der Waals surface area (Å²) in [5, 5.41) is 14.5. The number of aryl methyl sites for hydroxylation is 1. The van der Waals surface area contributed by atoms with Crippen molar-refractivity contribution in [3.8, 4) is 5.75 Å². The Hall–Kier alpha value is -3.30. The predicted octanol–water partition coefficient (Wildman–Crippen LogP) is 3.59. The lowest BCUT2D eigenvalue weighted by Gasteiger charge is -2.11. The minimum Gasteiger partial charge on any atom is -0.486 e. The summed E-state index contributed by atoms with van der Waals surface area (Å²) in [7, 11) is 0. The highest BCUT2D eigenvalue weighted by Crippen LogP contribution is 2.18. The quantitative estimate of drug-likeness (QED) is 0.542. The van der Waals surface area contributed by atoms with E-state index in [1.165, 1.54) is 11.3 Å². The smallest absolute Gasteiger partial charge is 0.286 e. The highest BCUT2D eigenvalue weighted by Gasteiger charge is 2.17. The maximum Gasteiger partial charge on any atom is 0.286 e. The third-order valence-corrected chi connectivity index (χ3v) is 5.83. The molecule has 1 aromatic heterocycles. The number of ether oxygens (including phenoxy) is 2. The molecule has 2 aromatic carbocycles. The van der Waals surface area contributed by atoms with Gasteiger partial charge in [0.15, 0.2) is 5.01 Å². The number of carbonyl (C=O) groups is 2. The molecule has 3 aromatic rings. The largest absolute Gasteiger partial charge is 0.486 e. The van der Waals surface area contributed by atoms with Crippen LogP contribution in [0.5, 0.6) is 5.75 Å². The van der Waals surface area contributed by atoms with E-state index in [9.17, 15) is 9.59 Å². The predicted molar refractivity (Wildman–Crippen MR) is 121 cm³/mol. The zero-order valence-electron chi connectivity index (χ0n) is 17.7. The van der Waals surface area contributed by atoms with Crippen LogP contribution in [0.4, 0.5) is 5.69 Å². The standard InChI is InChI=1S/C23H24N4O4S/c1-15-4-2-5-18(12-15)31-14-20-26-27-23(32-20)22(29)25-17-9-7-16(8-10-17)21(28)24-13-19-6-3-11-30-19/h2,4-5,7-10,12,19H,3,6,11,13-14H2,1H3,(H,24,28)(H,25,29)/t19-/m0/s1. The van der Waals surface area contributed by atoms with Crippen molar-refractivity contribution in [2.45, 2.75) is 32.5 Å². The molecule has 1 aliphatic rings. The van der Waals surface area contributed by atoms with Crippen LogP contribution in [-0.4, -0.2) is 41.3 Å². The molecular weight excluding hydrogens is 428 g/mol. The number of hydrogen-bond acceptors (Lipinski definition) is 7. The van der Waals surface area contributed by atoms with Crippen LogP contribution in [0.3, 0.4) is 0 Å². The molecule has 2 amide bonds. The van der Waals surface area contributed by atoms with Gasteiger partial charge in [0, 0.05) is 24.4 Å². The van der Waals surface area contributed by atoms with Gasteiger partial charge in [0.05, 0.1) is 6.10 Å². The minimum absolute atomic E-state index is 0.0940. The fraction of sp³-hybridized carbons (Fsp3) is 0.304. The van der Waals surface area contributed by atoms with E-state index in [-0.39, 0.29) is 29.5 Å². The van der Waals surface area contributed by atoms with Gasteiger partial charge in [-0.2, -0.15) is 0 Å². The number of amides is 2. The molecule has 166 valence electrons. The van der Waals surface area contributed by atoms with Crippen LogP contribution in [0.1, 0.15) is 43.6 Å². The molecule has 0 unspecified atom stereocenters. The Kier molecular flexibility index (Phi) is 7.08. The van der Waals surface area contributed by atoms with E-state index in [0.717, 1.165) is 30.8 Å². The van der Waals surface area contributed by atoms with Gasteiger partial charge in [-0.15, -0.1) is 10.2 Å². The first kappa shape index (κ1) is 21.9. The van der Waals surface area contributed by atoms with E-state index in [0.29, 0.717) is 22.8 Å². The van der Waals surface area contributed by atoms with E-state index in [1.807, 2.05) is 31.2 Å². The van der Waals surface area contributed by atoms with Crippen LogP contribution in [-0.2, 0) is 11.3 Å². The number of nitrogens with zero attached hydrogens (tertiary/aromatic N) is 2. The lowest BCUT2D eigenvalue weighted by molar-refractivity contribution is 0.0857. The third kappa shape index (κ3) is 5.89. The van der Waals surface area contributed by atoms with Crippen molar-refractivity contribution in [1.82, 2.24) is 15.5 Å². The topological polar surface area (TPSA) is 102 Å². The van der Waals surface area contributed by atoms with E-state index < -0.39 is 0 Å². The summed E-state index contributed by atoms with van der Waals surface area (Å²) in [6, 6.07) is 14.4. The Labute approximate surface area is 190 Å². The molecule has 0 spiro atoms. The van der Waals surface area contributed by atoms with Crippen molar-refractivity contribution in [3.63, 3.8) is 0 Å². The number of benzene rings is 2. The summed E-state index contributed by atoms with van der Waals surface area (Å²) in [6.45, 7) is 3.49. The van der Waals surface area contributed by atoms with Crippen molar-refractivity contribution in [2.75, 3.05) is 18.5 Å². The average Bonchev–Trinajstić information content (AvgIpc) is 3.49. The maximum absolute atomic E-state index is 12.5. The van der Waals surface area contributed by atoms with E-state index in [1.54, 1.807) is 24.3 Å². The zero-order valence-corrected chi connectivity index (χ0v) is 18.5. The molecule has 4 rings (SSSR count). The molecule has 2 N–H and O–H groups in total. The summed E-state index contributed by atoms with van der Waals surface area (Å²) >= 11 is 1.18. The molecule has 1 saturated heterocycles. The second-order valence-corrected chi connectivity index (χ2v) is 8.54. The highest BCUT2D eigenvalue weighted by molar-refractivity contribution is 7.13. The van der Waals surface area contributed by atoms with Crippen LogP contribution in [0.15, 0.2) is 48.5 Å². The summed E-state index contributed by atoms with van der Waals surface area (Å²) in [5.41, 5.74) is 2.19. The Balaban J connectivity index is 1.27. The molecule has 0 bridgehead atoms. The molecule has 0 saturated carbocycles. The molecule has 0 radical (unpaired) electrons. The van der Waals surface area contributed by atoms with Crippen molar-refractivity contribution in [2.24, 2.45) is 0 Å². The van der Waals surface area contributed by atoms with Gasteiger partial charge in [0.25, 0.3) is 11.8 Å². The van der Waals surface area contributed by atoms with Crippen LogP contribution in [0.25, 0.3) is 0 Å². The number of carbonyl (C=O) groups excluding carboxylic acids is 2. The van der Waals surface area contributed by atoms with Crippen LogP contribution >= 0.6 is 11.3 Å². The summed E-state index contributed by atoms with van der Waals surface area (Å²) in [5.74, 6) is 0.215. The maximum atomic E-state index is 12.5. The molecule has 9 heteroatoms. The van der Waals surface area contributed by atoms with Crippen molar-refractivity contribution >= 4 is 28.8 Å². The fourth-order valence-corrected chi connectivity index (χ4v) is 3.91. The molecule has 8 nitrogen and oxygen atoms in total. The van der Waals surface area contributed by atoms with Gasteiger partial charge in [0.1, 0.15) is 12.4 Å². The molecule has 2 heterocycles. The van der Waals surface area contributed by atoms with E-state index in [2.05, 4.69) is 20.8 Å². The van der Waals surface area contributed by atoms with Crippen molar-refractivity contribution in [1.29, 1.82) is 0 Å². The normalized spacial score (nSPS) is 15.3. The third-order valence-electron chi connectivity index (χ3n) is 4.93. The molecule has 0 aliphatic carbocycles. The molecular formula is C23H24N4O4S. The summed E-state index contributed by atoms with van der Waals surface area (Å²) in [6.07, 6.45) is 2.10. The first-order chi connectivity index (χ1) is 15.6. The van der Waals surface area contributed by atoms with Gasteiger partial charge in [-0.25, -0.2) is 0 Å². The second-order valence-electron chi connectivity index (χ2n) is 7.48. The van der Waals surface area contributed by atoms with Gasteiger partial charge in [-0.3, -0.25) is 9.59 Å². The van der Waals surface area contributed by atoms with Crippen LogP contribution in [0.2, 0.25) is 0 Å². The Morgan fingerprint density at radius 2 is 2.00 bits per heavy atom. The van der Waals surface area contributed by atoms with E-state index >= 15 is 0 Å². The number of aromatic nitrogens is 2. The summed E-state index contributed by atoms with van der Waals surface area (Å²) < 4.78 is 11.2. The Morgan fingerprint density at radius 1 is 1.16 bits per heavy atom. The first-order valence-corrected chi connectivity index (χ1v) is 11.2. The van der Waals surface area contributed by atoms with Gasteiger partial charge in [0.2, 0.25) is 5.01 Å². The summed E-state index contributed by atoms with van der Waals surface area (Å²) in [4.78, 5) is 24.7. The SMILES string of the molecule is Cc1cccc(OCc2nnc(C(=O)Nc3ccc(C(=O)NC[C@@H]4CCCO4)cc3)s2)c1. The lowest BCUT2D eigenvalue weighted by atomic mass is 10.2. The number of hydrogen-bond donors (Lipinski definition) is 2. The van der Waals surface area contributed by atoms with Gasteiger partial charge in [-0.1, -0.05) is 23.5 Å². The zero-order chi connectivity index (χ0) is 22.3. The number of anilines is 1. The van der Waals surface area contributed by atoms with Gasteiger partial charge in [-0.05, 0) is 61.7 Å². The molecule has 1 atom stereocenters. The molecule has 1 aliphatic heterocycles. The molecule has 32 heavy (non-hydrogen) atoms. The minimum atomic E-state index is -0.361. The van der Waals surface area contributed by atoms with Crippen LogP contribution in [0, 0.1) is 6.92 Å². The Bertz CT molecular complexity index is 1080. The average molecular weight is 453 g/mol. The number of rotatable bonds is 8. The monoisotopic (exact) mass is 452 g/mol. The van der Waals surface area contributed by atoms with Gasteiger partial charge >= 0.3 is 0 Å². The van der Waals surface area contributed by atoms with Crippen molar-refractivity contribution < 1.29 is 19.1 Å². The van der Waals surface area contributed by atoms with Crippen molar-refractivity contribution in [3.05, 3.63) is 69.7 Å². The first-order valence-electron chi connectivity index (χ1n) is 10.4. The van der Waals surface area contributed by atoms with Gasteiger partial charge < -0.3 is 20.1 Å². The van der Waals surface area contributed by atoms with Crippen LogP contribution < -0.4 is 15.4 Å². The fourth-order valence-electron chi connectivity index (χ4n) is 3.26. The Morgan fingerprint density at radius 3 is 2.75 bits per heavy atom.